The lowest BCUT2D eigenvalue weighted by molar-refractivity contribution is -0.121. The molecule has 0 aliphatic heterocycles. The second-order valence-electron chi connectivity index (χ2n) is 4.39. The van der Waals surface area contributed by atoms with Crippen molar-refractivity contribution in [3.63, 3.8) is 0 Å². The van der Waals surface area contributed by atoms with Crippen molar-refractivity contribution in [2.75, 3.05) is 20.2 Å². The zero-order chi connectivity index (χ0) is 12.7. The van der Waals surface area contributed by atoms with Crippen LogP contribution >= 0.6 is 0 Å². The van der Waals surface area contributed by atoms with Gasteiger partial charge in [-0.3, -0.25) is 4.79 Å². The molecule has 94 valence electrons. The van der Waals surface area contributed by atoms with Crippen molar-refractivity contribution >= 4 is 5.78 Å². The number of carbonyl (C=O) groups excluding carboxylic acids is 1. The number of Topliss-reactive ketones (excluding diaryl/α,β-unsaturated/α-hetero) is 1. The standard InChI is InChI=1S/C14H21NO2/c1-11(2)14(16)10-12-4-6-13(7-5-12)17-9-8-15-3/h4-7,11,15H,8-10H2,1-3H3. The van der Waals surface area contributed by atoms with Crippen molar-refractivity contribution in [3.05, 3.63) is 29.8 Å². The fourth-order valence-corrected chi connectivity index (χ4v) is 1.38. The van der Waals surface area contributed by atoms with Gasteiger partial charge in [-0.05, 0) is 24.7 Å². The molecule has 0 radical (unpaired) electrons. The van der Waals surface area contributed by atoms with Gasteiger partial charge in [0.1, 0.15) is 18.1 Å². The minimum Gasteiger partial charge on any atom is -0.492 e. The van der Waals surface area contributed by atoms with E-state index in [4.69, 9.17) is 4.74 Å². The van der Waals surface area contributed by atoms with Crippen LogP contribution in [0.2, 0.25) is 0 Å². The molecule has 0 amide bonds. The minimum absolute atomic E-state index is 0.0987. The van der Waals surface area contributed by atoms with E-state index >= 15 is 0 Å². The first-order chi connectivity index (χ1) is 8.13. The molecule has 1 rings (SSSR count). The summed E-state index contributed by atoms with van der Waals surface area (Å²) in [6.07, 6.45) is 0.508. The van der Waals surface area contributed by atoms with Gasteiger partial charge < -0.3 is 10.1 Å². The first-order valence-electron chi connectivity index (χ1n) is 6.02. The third-order valence-electron chi connectivity index (χ3n) is 2.57. The fraction of sp³-hybridized carbons (Fsp3) is 0.500. The van der Waals surface area contributed by atoms with Gasteiger partial charge in [0.2, 0.25) is 0 Å². The summed E-state index contributed by atoms with van der Waals surface area (Å²) in [6.45, 7) is 5.34. The van der Waals surface area contributed by atoms with Crippen LogP contribution in [-0.4, -0.2) is 26.0 Å². The summed E-state index contributed by atoms with van der Waals surface area (Å²) in [5, 5.41) is 3.02. The molecule has 1 aromatic carbocycles. The van der Waals surface area contributed by atoms with Crippen LogP contribution in [0.1, 0.15) is 19.4 Å². The Bertz CT molecular complexity index is 344. The summed E-state index contributed by atoms with van der Waals surface area (Å²) in [5.74, 6) is 1.22. The van der Waals surface area contributed by atoms with Crippen molar-refractivity contribution in [1.29, 1.82) is 0 Å². The molecule has 0 spiro atoms. The molecule has 1 aromatic rings. The predicted octanol–water partition coefficient (Wildman–Crippen LogP) is 2.05. The Morgan fingerprint density at radius 1 is 1.29 bits per heavy atom. The van der Waals surface area contributed by atoms with Gasteiger partial charge in [-0.1, -0.05) is 26.0 Å². The van der Waals surface area contributed by atoms with Gasteiger partial charge in [0.15, 0.2) is 0 Å². The second kappa shape index (κ2) is 7.07. The number of ketones is 1. The molecule has 0 aliphatic carbocycles. The first-order valence-corrected chi connectivity index (χ1v) is 6.02. The molecule has 1 N–H and O–H groups in total. The second-order valence-corrected chi connectivity index (χ2v) is 4.39. The lowest BCUT2D eigenvalue weighted by atomic mass is 10.0. The highest BCUT2D eigenvalue weighted by Crippen LogP contribution is 2.13. The maximum Gasteiger partial charge on any atom is 0.139 e. The van der Waals surface area contributed by atoms with E-state index in [1.54, 1.807) is 0 Å². The van der Waals surface area contributed by atoms with Gasteiger partial charge in [-0.15, -0.1) is 0 Å². The quantitative estimate of drug-likeness (QED) is 0.735. The van der Waals surface area contributed by atoms with Gasteiger partial charge in [0.25, 0.3) is 0 Å². The van der Waals surface area contributed by atoms with Gasteiger partial charge in [-0.25, -0.2) is 0 Å². The van der Waals surface area contributed by atoms with Crippen molar-refractivity contribution in [3.8, 4) is 5.75 Å². The number of rotatable bonds is 7. The molecule has 3 heteroatoms. The van der Waals surface area contributed by atoms with E-state index in [0.29, 0.717) is 13.0 Å². The maximum atomic E-state index is 11.6. The molecule has 0 bridgehead atoms. The summed E-state index contributed by atoms with van der Waals surface area (Å²) in [5.41, 5.74) is 1.05. The lowest BCUT2D eigenvalue weighted by Gasteiger charge is -2.07. The van der Waals surface area contributed by atoms with Gasteiger partial charge >= 0.3 is 0 Å². The van der Waals surface area contributed by atoms with Crippen molar-refractivity contribution < 1.29 is 9.53 Å². The summed E-state index contributed by atoms with van der Waals surface area (Å²) in [7, 11) is 1.89. The van der Waals surface area contributed by atoms with Crippen molar-refractivity contribution in [1.82, 2.24) is 5.32 Å². The smallest absolute Gasteiger partial charge is 0.139 e. The minimum atomic E-state index is 0.0987. The van der Waals surface area contributed by atoms with Crippen molar-refractivity contribution in [2.24, 2.45) is 5.92 Å². The zero-order valence-electron chi connectivity index (χ0n) is 10.8. The third-order valence-corrected chi connectivity index (χ3v) is 2.57. The van der Waals surface area contributed by atoms with E-state index in [0.717, 1.165) is 17.9 Å². The first kappa shape index (κ1) is 13.7. The molecule has 0 aromatic heterocycles. The van der Waals surface area contributed by atoms with E-state index in [1.807, 2.05) is 45.2 Å². The Kier molecular flexibility index (Phi) is 5.70. The molecule has 0 saturated heterocycles. The topological polar surface area (TPSA) is 38.3 Å². The average molecular weight is 235 g/mol. The lowest BCUT2D eigenvalue weighted by Crippen LogP contribution is -2.16. The molecular weight excluding hydrogens is 214 g/mol. The van der Waals surface area contributed by atoms with Gasteiger partial charge in [-0.2, -0.15) is 0 Å². The zero-order valence-corrected chi connectivity index (χ0v) is 10.8. The average Bonchev–Trinajstić information content (AvgIpc) is 2.31. The molecule has 0 saturated carbocycles. The Morgan fingerprint density at radius 3 is 2.47 bits per heavy atom. The number of benzene rings is 1. The number of hydrogen-bond donors (Lipinski definition) is 1. The van der Waals surface area contributed by atoms with Crippen LogP contribution in [0.5, 0.6) is 5.75 Å². The number of hydrogen-bond acceptors (Lipinski definition) is 3. The molecular formula is C14H21NO2. The molecule has 0 atom stereocenters. The van der Waals surface area contributed by atoms with E-state index in [-0.39, 0.29) is 11.7 Å². The summed E-state index contributed by atoms with van der Waals surface area (Å²) in [6, 6.07) is 7.74. The number of carbonyl (C=O) groups is 1. The summed E-state index contributed by atoms with van der Waals surface area (Å²) >= 11 is 0. The van der Waals surface area contributed by atoms with Crippen LogP contribution in [0.4, 0.5) is 0 Å². The van der Waals surface area contributed by atoms with Gasteiger partial charge in [0, 0.05) is 18.9 Å². The highest BCUT2D eigenvalue weighted by Gasteiger charge is 2.07. The number of nitrogens with one attached hydrogen (secondary N) is 1. The summed E-state index contributed by atoms with van der Waals surface area (Å²) < 4.78 is 5.51. The molecule has 17 heavy (non-hydrogen) atoms. The molecule has 0 aliphatic rings. The number of likely N-dealkylation sites (N-methyl/N-ethyl adjacent to an activating group) is 1. The van der Waals surface area contributed by atoms with Crippen LogP contribution in [0.15, 0.2) is 24.3 Å². The van der Waals surface area contributed by atoms with Crippen molar-refractivity contribution in [2.45, 2.75) is 20.3 Å². The molecule has 0 fully saturated rings. The van der Waals surface area contributed by atoms with Crippen LogP contribution < -0.4 is 10.1 Å². The van der Waals surface area contributed by atoms with Crippen LogP contribution in [0.3, 0.4) is 0 Å². The normalized spacial score (nSPS) is 10.6. The highest BCUT2D eigenvalue weighted by atomic mass is 16.5. The van der Waals surface area contributed by atoms with Gasteiger partial charge in [0.05, 0.1) is 0 Å². The molecule has 0 heterocycles. The van der Waals surface area contributed by atoms with Crippen LogP contribution in [0.25, 0.3) is 0 Å². The highest BCUT2D eigenvalue weighted by molar-refractivity contribution is 5.82. The summed E-state index contributed by atoms with van der Waals surface area (Å²) in [4.78, 5) is 11.6. The van der Waals surface area contributed by atoms with E-state index < -0.39 is 0 Å². The fourth-order valence-electron chi connectivity index (χ4n) is 1.38. The number of ether oxygens (including phenoxy) is 1. The molecule has 0 unspecified atom stereocenters. The Hall–Kier alpha value is -1.35. The van der Waals surface area contributed by atoms with Crippen LogP contribution in [-0.2, 0) is 11.2 Å². The third kappa shape index (κ3) is 5.00. The van der Waals surface area contributed by atoms with E-state index in [1.165, 1.54) is 0 Å². The van der Waals surface area contributed by atoms with E-state index in [9.17, 15) is 4.79 Å². The maximum absolute atomic E-state index is 11.6. The Labute approximate surface area is 103 Å². The monoisotopic (exact) mass is 235 g/mol. The Balaban J connectivity index is 2.47. The SMILES string of the molecule is CNCCOc1ccc(CC(=O)C(C)C)cc1. The van der Waals surface area contributed by atoms with Crippen LogP contribution in [0, 0.1) is 5.92 Å². The molecule has 3 nitrogen and oxygen atoms in total. The predicted molar refractivity (Wildman–Crippen MR) is 69.4 cm³/mol. The van der Waals surface area contributed by atoms with E-state index in [2.05, 4.69) is 5.32 Å². The Morgan fingerprint density at radius 2 is 1.94 bits per heavy atom. The largest absolute Gasteiger partial charge is 0.492 e.